The van der Waals surface area contributed by atoms with Crippen LogP contribution >= 0.6 is 15.9 Å². The number of rotatable bonds is 4. The highest BCUT2D eigenvalue weighted by molar-refractivity contribution is 9.10. The third-order valence-corrected chi connectivity index (χ3v) is 3.99. The Morgan fingerprint density at radius 3 is 2.45 bits per heavy atom. The number of aryl methyl sites for hydroxylation is 1. The van der Waals surface area contributed by atoms with Gasteiger partial charge < -0.3 is 5.73 Å². The van der Waals surface area contributed by atoms with Crippen molar-refractivity contribution in [1.29, 1.82) is 0 Å². The predicted molar refractivity (Wildman–Crippen MR) is 87.4 cm³/mol. The highest BCUT2D eigenvalue weighted by Gasteiger charge is 2.09. The number of nitrogens with two attached hydrogens (primary N) is 1. The maximum atomic E-state index is 6.06. The van der Waals surface area contributed by atoms with Crippen LogP contribution in [0.15, 0.2) is 34.9 Å². The molecule has 2 rings (SSSR count). The van der Waals surface area contributed by atoms with Gasteiger partial charge in [0.05, 0.1) is 5.69 Å². The Hall–Kier alpha value is -1.39. The van der Waals surface area contributed by atoms with Crippen molar-refractivity contribution in [2.75, 3.05) is 12.8 Å². The molecule has 0 spiro atoms. The summed E-state index contributed by atoms with van der Waals surface area (Å²) in [5.74, 6) is 0. The third kappa shape index (κ3) is 3.58. The van der Waals surface area contributed by atoms with E-state index in [1.807, 2.05) is 20.0 Å². The van der Waals surface area contributed by atoms with E-state index in [0.717, 1.165) is 40.1 Å². The van der Waals surface area contributed by atoms with Crippen LogP contribution < -0.4 is 5.73 Å². The molecule has 0 fully saturated rings. The second-order valence-electron chi connectivity index (χ2n) is 5.23. The van der Waals surface area contributed by atoms with Crippen LogP contribution in [0.5, 0.6) is 0 Å². The molecule has 2 aromatic rings. The average molecular weight is 334 g/mol. The van der Waals surface area contributed by atoms with E-state index < -0.39 is 0 Å². The number of hydrogen-bond acceptors (Lipinski definition) is 3. The Morgan fingerprint density at radius 1 is 1.15 bits per heavy atom. The Bertz CT molecular complexity index is 593. The van der Waals surface area contributed by atoms with Crippen LogP contribution in [0.25, 0.3) is 0 Å². The molecule has 106 valence electrons. The van der Waals surface area contributed by atoms with E-state index in [4.69, 9.17) is 5.73 Å². The third-order valence-electron chi connectivity index (χ3n) is 3.46. The highest BCUT2D eigenvalue weighted by atomic mass is 79.9. The number of pyridine rings is 1. The molecule has 0 saturated heterocycles. The van der Waals surface area contributed by atoms with Gasteiger partial charge in [-0.25, -0.2) is 0 Å². The molecule has 4 heteroatoms. The zero-order valence-electron chi connectivity index (χ0n) is 12.2. The van der Waals surface area contributed by atoms with Gasteiger partial charge in [0.15, 0.2) is 0 Å². The highest BCUT2D eigenvalue weighted by Crippen LogP contribution is 2.19. The van der Waals surface area contributed by atoms with Gasteiger partial charge in [-0.3, -0.25) is 9.88 Å². The Labute approximate surface area is 129 Å². The van der Waals surface area contributed by atoms with E-state index in [0.29, 0.717) is 0 Å². The van der Waals surface area contributed by atoms with Crippen LogP contribution in [-0.4, -0.2) is 16.9 Å². The first-order valence-electron chi connectivity index (χ1n) is 6.61. The minimum absolute atomic E-state index is 0.798. The summed E-state index contributed by atoms with van der Waals surface area (Å²) in [5, 5.41) is 0. The van der Waals surface area contributed by atoms with Crippen molar-refractivity contribution in [3.05, 3.63) is 57.3 Å². The normalized spacial score (nSPS) is 11.1. The molecule has 0 radical (unpaired) electrons. The molecule has 2 N–H and O–H groups in total. The summed E-state index contributed by atoms with van der Waals surface area (Å²) in [6.07, 6.45) is 1.85. The topological polar surface area (TPSA) is 42.2 Å². The first-order valence-corrected chi connectivity index (χ1v) is 7.40. The molecule has 1 aromatic carbocycles. The molecule has 0 atom stereocenters. The van der Waals surface area contributed by atoms with Crippen LogP contribution in [0, 0.1) is 13.8 Å². The zero-order valence-corrected chi connectivity index (χ0v) is 13.7. The number of hydrogen-bond donors (Lipinski definition) is 1. The Kier molecular flexibility index (Phi) is 4.78. The summed E-state index contributed by atoms with van der Waals surface area (Å²) in [6, 6.07) is 8.39. The summed E-state index contributed by atoms with van der Waals surface area (Å²) in [6.45, 7) is 5.72. The van der Waals surface area contributed by atoms with Gasteiger partial charge in [0, 0.05) is 29.4 Å². The lowest BCUT2D eigenvalue weighted by Gasteiger charge is -2.18. The number of nitrogen functional groups attached to an aromatic ring is 1. The fraction of sp³-hybridized carbons (Fsp3) is 0.312. The van der Waals surface area contributed by atoms with Gasteiger partial charge >= 0.3 is 0 Å². The van der Waals surface area contributed by atoms with E-state index in [2.05, 4.69) is 57.1 Å². The zero-order chi connectivity index (χ0) is 14.7. The molecular weight excluding hydrogens is 314 g/mol. The maximum Gasteiger partial charge on any atom is 0.0593 e. The molecular formula is C16H20BrN3. The quantitative estimate of drug-likeness (QED) is 0.928. The van der Waals surface area contributed by atoms with Crippen LogP contribution in [0.2, 0.25) is 0 Å². The van der Waals surface area contributed by atoms with E-state index >= 15 is 0 Å². The maximum absolute atomic E-state index is 6.06. The first kappa shape index (κ1) is 15.0. The summed E-state index contributed by atoms with van der Waals surface area (Å²) >= 11 is 3.45. The second-order valence-corrected chi connectivity index (χ2v) is 6.14. The van der Waals surface area contributed by atoms with Crippen molar-refractivity contribution >= 4 is 21.6 Å². The summed E-state index contributed by atoms with van der Waals surface area (Å²) in [5.41, 5.74) is 11.4. The van der Waals surface area contributed by atoms with Gasteiger partial charge in [-0.15, -0.1) is 0 Å². The van der Waals surface area contributed by atoms with E-state index in [-0.39, 0.29) is 0 Å². The van der Waals surface area contributed by atoms with Crippen molar-refractivity contribution in [2.45, 2.75) is 26.9 Å². The number of anilines is 1. The lowest BCUT2D eigenvalue weighted by molar-refractivity contribution is 0.314. The molecule has 3 nitrogen and oxygen atoms in total. The van der Waals surface area contributed by atoms with Gasteiger partial charge in [0.1, 0.15) is 0 Å². The van der Waals surface area contributed by atoms with Crippen molar-refractivity contribution in [1.82, 2.24) is 9.88 Å². The van der Waals surface area contributed by atoms with E-state index in [1.54, 1.807) is 0 Å². The number of halogens is 1. The molecule has 0 saturated carbocycles. The summed E-state index contributed by atoms with van der Waals surface area (Å²) in [4.78, 5) is 6.75. The van der Waals surface area contributed by atoms with Crippen molar-refractivity contribution in [2.24, 2.45) is 0 Å². The molecule has 1 heterocycles. The molecule has 20 heavy (non-hydrogen) atoms. The van der Waals surface area contributed by atoms with Crippen molar-refractivity contribution in [3.63, 3.8) is 0 Å². The fourth-order valence-corrected chi connectivity index (χ4v) is 2.43. The smallest absolute Gasteiger partial charge is 0.0593 e. The largest absolute Gasteiger partial charge is 0.398 e. The molecule has 0 amide bonds. The molecule has 0 aliphatic heterocycles. The van der Waals surface area contributed by atoms with E-state index in [9.17, 15) is 0 Å². The summed E-state index contributed by atoms with van der Waals surface area (Å²) < 4.78 is 1.10. The van der Waals surface area contributed by atoms with Crippen LogP contribution in [0.3, 0.4) is 0 Å². The van der Waals surface area contributed by atoms with Crippen LogP contribution in [0.1, 0.15) is 22.4 Å². The van der Waals surface area contributed by atoms with Gasteiger partial charge in [-0.2, -0.15) is 0 Å². The van der Waals surface area contributed by atoms with Crippen molar-refractivity contribution < 1.29 is 0 Å². The molecule has 1 aromatic heterocycles. The minimum atomic E-state index is 0.798. The monoisotopic (exact) mass is 333 g/mol. The molecule has 0 bridgehead atoms. The van der Waals surface area contributed by atoms with Crippen LogP contribution in [-0.2, 0) is 13.1 Å². The molecule has 0 aliphatic carbocycles. The van der Waals surface area contributed by atoms with Gasteiger partial charge in [0.2, 0.25) is 0 Å². The first-order chi connectivity index (χ1) is 9.47. The lowest BCUT2D eigenvalue weighted by Crippen LogP contribution is -2.19. The standard InChI is InChI=1S/C16H20BrN3/c1-11-8-19-15(12(2)16(11)18)10-20(3)9-13-4-6-14(17)7-5-13/h4-8H,9-10H2,1-3H3,(H2,18,19). The number of aromatic nitrogens is 1. The predicted octanol–water partition coefficient (Wildman–Crippen LogP) is 3.68. The minimum Gasteiger partial charge on any atom is -0.398 e. The molecule has 0 unspecified atom stereocenters. The number of nitrogens with zero attached hydrogens (tertiary/aromatic N) is 2. The van der Waals surface area contributed by atoms with Gasteiger partial charge in [-0.05, 0) is 49.7 Å². The Balaban J connectivity index is 2.06. The second kappa shape index (κ2) is 6.37. The summed E-state index contributed by atoms with van der Waals surface area (Å²) in [7, 11) is 2.10. The van der Waals surface area contributed by atoms with E-state index in [1.165, 1.54) is 5.56 Å². The fourth-order valence-electron chi connectivity index (χ4n) is 2.16. The van der Waals surface area contributed by atoms with Crippen molar-refractivity contribution in [3.8, 4) is 0 Å². The van der Waals surface area contributed by atoms with Gasteiger partial charge in [0.25, 0.3) is 0 Å². The number of benzene rings is 1. The van der Waals surface area contributed by atoms with Gasteiger partial charge in [-0.1, -0.05) is 28.1 Å². The van der Waals surface area contributed by atoms with Crippen LogP contribution in [0.4, 0.5) is 5.69 Å². The Morgan fingerprint density at radius 2 is 1.80 bits per heavy atom. The lowest BCUT2D eigenvalue weighted by atomic mass is 10.1. The average Bonchev–Trinajstić information content (AvgIpc) is 2.42. The SMILES string of the molecule is Cc1cnc(CN(C)Cc2ccc(Br)cc2)c(C)c1N. The molecule has 0 aliphatic rings.